The summed E-state index contributed by atoms with van der Waals surface area (Å²) in [6.45, 7) is 4.71. The zero-order chi connectivity index (χ0) is 8.12. The van der Waals surface area contributed by atoms with E-state index in [1.54, 1.807) is 20.8 Å². The minimum Gasteiger partial charge on any atom is -1.00 e. The van der Waals surface area contributed by atoms with Crippen LogP contribution in [0.3, 0.4) is 0 Å². The minimum absolute atomic E-state index is 0. The molecule has 0 aliphatic carbocycles. The molecule has 0 aromatic carbocycles. The van der Waals surface area contributed by atoms with Crippen molar-refractivity contribution < 1.29 is 53.6 Å². The van der Waals surface area contributed by atoms with Gasteiger partial charge in [0.15, 0.2) is 0 Å². The Labute approximate surface area is 94.0 Å². The molecule has 0 spiro atoms. The molecule has 0 atom stereocenters. The van der Waals surface area contributed by atoms with E-state index >= 15 is 0 Å². The molecule has 0 saturated carbocycles. The van der Waals surface area contributed by atoms with E-state index in [4.69, 9.17) is 15.3 Å². The summed E-state index contributed by atoms with van der Waals surface area (Å²) in [7, 11) is 0. The minimum atomic E-state index is 0. The molecule has 0 N–H and O–H groups in total. The monoisotopic (exact) mass is 350 g/mol. The van der Waals surface area contributed by atoms with Crippen LogP contribution in [0.15, 0.2) is 0 Å². The molecule has 0 aliphatic heterocycles. The Kier molecular flexibility index (Phi) is 184. The fraction of sp³-hybridized carbons (Fsp3) is 1.00. The van der Waals surface area contributed by atoms with Gasteiger partial charge in [-0.15, -0.1) is 19.8 Å². The molecule has 0 bridgehead atoms. The maximum Gasteiger partial charge on any atom is 4.00 e. The zero-order valence-electron chi connectivity index (χ0n) is 7.22. The van der Waals surface area contributed by atoms with Crippen molar-refractivity contribution in [3.05, 3.63) is 0 Å². The molecule has 0 aromatic rings. The van der Waals surface area contributed by atoms with Crippen LogP contribution in [-0.4, -0.2) is 19.8 Å². The Morgan fingerprint density at radius 1 is 0.727 bits per heavy atom. The van der Waals surface area contributed by atoms with Gasteiger partial charge in [0.05, 0.1) is 0 Å². The predicted octanol–water partition coefficient (Wildman–Crippen LogP) is -4.90. The molecule has 0 fully saturated rings. The van der Waals surface area contributed by atoms with Crippen molar-refractivity contribution in [1.29, 1.82) is 0 Å². The van der Waals surface area contributed by atoms with Crippen LogP contribution in [0, 0.1) is 0 Å². The zero-order valence-corrected chi connectivity index (χ0v) is 11.6. The van der Waals surface area contributed by atoms with E-state index in [1.165, 1.54) is 0 Å². The van der Waals surface area contributed by atoms with Gasteiger partial charge in [0.1, 0.15) is 0 Å². The van der Waals surface area contributed by atoms with E-state index in [0.29, 0.717) is 0 Å². The van der Waals surface area contributed by atoms with Gasteiger partial charge in [-0.2, -0.15) is 0 Å². The van der Waals surface area contributed by atoms with E-state index in [9.17, 15) is 0 Å². The predicted molar refractivity (Wildman–Crippen MR) is 31.6 cm³/mol. The van der Waals surface area contributed by atoms with Crippen LogP contribution in [0.4, 0.5) is 0 Å². The van der Waals surface area contributed by atoms with Crippen LogP contribution in [0.25, 0.3) is 0 Å². The summed E-state index contributed by atoms with van der Waals surface area (Å²) < 4.78 is 0. The van der Waals surface area contributed by atoms with Gasteiger partial charge < -0.3 is 27.7 Å². The fourth-order valence-electron chi connectivity index (χ4n) is 0. The summed E-state index contributed by atoms with van der Waals surface area (Å²) in [5, 5.41) is 26.8. The van der Waals surface area contributed by atoms with Gasteiger partial charge in [0.2, 0.25) is 0 Å². The van der Waals surface area contributed by atoms with Crippen LogP contribution in [0.5, 0.6) is 0 Å². The Bertz CT molecular complexity index is 22.5. The maximum atomic E-state index is 8.93. The third-order valence-corrected chi connectivity index (χ3v) is 0. The second-order valence-corrected chi connectivity index (χ2v) is 0.866. The van der Waals surface area contributed by atoms with Crippen LogP contribution >= 0.6 is 0 Å². The van der Waals surface area contributed by atoms with Crippen molar-refractivity contribution in [3.8, 4) is 0 Å². The van der Waals surface area contributed by atoms with E-state index < -0.39 is 0 Å². The SMILES string of the molecule is CC[O-].CC[O-].CC[O-].[Cl-].[Hf+4]. The first-order valence-electron chi connectivity index (χ1n) is 2.99. The van der Waals surface area contributed by atoms with Crippen molar-refractivity contribution in [2.24, 2.45) is 0 Å². The van der Waals surface area contributed by atoms with Gasteiger partial charge >= 0.3 is 25.8 Å². The summed E-state index contributed by atoms with van der Waals surface area (Å²) in [5.74, 6) is 0. The normalized spacial score (nSPS) is 4.91. The van der Waals surface area contributed by atoms with Crippen LogP contribution in [0.1, 0.15) is 20.8 Å². The van der Waals surface area contributed by atoms with E-state index in [-0.39, 0.29) is 58.1 Å². The van der Waals surface area contributed by atoms with Crippen LogP contribution < -0.4 is 27.7 Å². The van der Waals surface area contributed by atoms with E-state index in [0.717, 1.165) is 0 Å². The summed E-state index contributed by atoms with van der Waals surface area (Å²) in [4.78, 5) is 0. The summed E-state index contributed by atoms with van der Waals surface area (Å²) in [5.41, 5.74) is 0. The van der Waals surface area contributed by atoms with Gasteiger partial charge in [-0.3, -0.25) is 0 Å². The number of halogens is 1. The van der Waals surface area contributed by atoms with Gasteiger partial charge in [0.25, 0.3) is 0 Å². The molecule has 0 unspecified atom stereocenters. The molecule has 0 rings (SSSR count). The van der Waals surface area contributed by atoms with Gasteiger partial charge in [0, 0.05) is 0 Å². The number of hydrogen-bond acceptors (Lipinski definition) is 3. The molecule has 0 amide bonds. The Morgan fingerprint density at radius 3 is 0.727 bits per heavy atom. The topological polar surface area (TPSA) is 69.2 Å². The number of rotatable bonds is 0. The number of hydrogen-bond donors (Lipinski definition) is 0. The molecule has 0 saturated heterocycles. The third-order valence-electron chi connectivity index (χ3n) is 0. The van der Waals surface area contributed by atoms with Crippen molar-refractivity contribution in [2.45, 2.75) is 20.8 Å². The van der Waals surface area contributed by atoms with Gasteiger partial charge in [-0.25, -0.2) is 0 Å². The van der Waals surface area contributed by atoms with Crippen molar-refractivity contribution >= 4 is 0 Å². The molecule has 0 radical (unpaired) electrons. The molecule has 3 nitrogen and oxygen atoms in total. The Hall–Kier alpha value is 1.04. The molecule has 0 aliphatic rings. The molecular weight excluding hydrogens is 334 g/mol. The second-order valence-electron chi connectivity index (χ2n) is 0.866. The Morgan fingerprint density at radius 2 is 0.727 bits per heavy atom. The smallest absolute Gasteiger partial charge is 1.00 e. The molecule has 5 heteroatoms. The maximum absolute atomic E-state index is 8.93. The van der Waals surface area contributed by atoms with Crippen LogP contribution in [-0.2, 0) is 25.8 Å². The summed E-state index contributed by atoms with van der Waals surface area (Å²) in [6, 6.07) is 0. The quantitative estimate of drug-likeness (QED) is 0.412. The standard InChI is InChI=1S/3C2H5O.ClH.Hf/c3*1-2-3;;/h3*2H2,1H3;1H;/q3*-1;;+4/p-1. The average molecular weight is 349 g/mol. The largest absolute Gasteiger partial charge is 4.00 e. The summed E-state index contributed by atoms with van der Waals surface area (Å²) in [6.07, 6.45) is 0. The summed E-state index contributed by atoms with van der Waals surface area (Å²) >= 11 is 0. The molecule has 68 valence electrons. The third kappa shape index (κ3) is 834. The van der Waals surface area contributed by atoms with E-state index in [1.807, 2.05) is 0 Å². The van der Waals surface area contributed by atoms with E-state index in [2.05, 4.69) is 0 Å². The average Bonchev–Trinajstić information content (AvgIpc) is 1.70. The Balaban J connectivity index is -0.0000000150. The molecule has 11 heavy (non-hydrogen) atoms. The van der Waals surface area contributed by atoms with Crippen LogP contribution in [0.2, 0.25) is 0 Å². The molecule has 0 heterocycles. The van der Waals surface area contributed by atoms with Crippen molar-refractivity contribution in [2.75, 3.05) is 19.8 Å². The van der Waals surface area contributed by atoms with Crippen molar-refractivity contribution in [3.63, 3.8) is 0 Å². The first-order chi connectivity index (χ1) is 4.24. The van der Waals surface area contributed by atoms with Crippen molar-refractivity contribution in [1.82, 2.24) is 0 Å². The molecular formula is C6H15ClHfO3. The first kappa shape index (κ1) is 29.6. The second kappa shape index (κ2) is 68.2. The van der Waals surface area contributed by atoms with Gasteiger partial charge in [-0.05, 0) is 0 Å². The first-order valence-corrected chi connectivity index (χ1v) is 2.99. The molecule has 0 aromatic heterocycles. The van der Waals surface area contributed by atoms with Gasteiger partial charge in [-0.1, -0.05) is 20.8 Å². The fourth-order valence-corrected chi connectivity index (χ4v) is 0.